The summed E-state index contributed by atoms with van der Waals surface area (Å²) < 4.78 is 5.23. The third kappa shape index (κ3) is 4.18. The van der Waals surface area contributed by atoms with E-state index in [0.29, 0.717) is 16.6 Å². The van der Waals surface area contributed by atoms with Gasteiger partial charge >= 0.3 is 6.03 Å². The Balaban J connectivity index is 1.69. The predicted molar refractivity (Wildman–Crippen MR) is 104 cm³/mol. The minimum absolute atomic E-state index is 0.168. The first-order chi connectivity index (χ1) is 12.7. The summed E-state index contributed by atoms with van der Waals surface area (Å²) in [5.41, 5.74) is 1.78. The number of amides is 2. The predicted octanol–water partition coefficient (Wildman–Crippen LogP) is 4.73. The molecule has 2 aromatic carbocycles. The molecule has 0 saturated heterocycles. The van der Waals surface area contributed by atoms with Gasteiger partial charge in [0, 0.05) is 5.92 Å². The molecule has 1 heterocycles. The van der Waals surface area contributed by atoms with Crippen LogP contribution in [0.5, 0.6) is 5.75 Å². The van der Waals surface area contributed by atoms with Crippen LogP contribution in [0.4, 0.5) is 15.6 Å². The Morgan fingerprint density at radius 1 is 1.08 bits per heavy atom. The van der Waals surface area contributed by atoms with Crippen molar-refractivity contribution in [2.24, 2.45) is 0 Å². The van der Waals surface area contributed by atoms with E-state index in [1.165, 1.54) is 16.9 Å². The highest BCUT2D eigenvalue weighted by Crippen LogP contribution is 2.31. The van der Waals surface area contributed by atoms with Crippen LogP contribution in [0.25, 0.3) is 0 Å². The number of nitrogens with one attached hydrogen (secondary N) is 2. The monoisotopic (exact) mass is 368 g/mol. The summed E-state index contributed by atoms with van der Waals surface area (Å²) in [5.74, 6) is 0.761. The number of benzene rings is 2. The molecule has 3 rings (SSSR count). The maximum atomic E-state index is 12.2. The van der Waals surface area contributed by atoms with Crippen molar-refractivity contribution in [2.75, 3.05) is 17.7 Å². The number of urea groups is 1. The molecule has 3 aromatic rings. The number of para-hydroxylation sites is 2. The Hall–Kier alpha value is -2.93. The third-order valence-corrected chi connectivity index (χ3v) is 4.88. The molecule has 0 fully saturated rings. The number of carbonyl (C=O) groups excluding carboxylic acids is 1. The molecule has 0 unspecified atom stereocenters. The molecule has 7 heteroatoms. The third-order valence-electron chi connectivity index (χ3n) is 3.92. The van der Waals surface area contributed by atoms with Crippen molar-refractivity contribution < 1.29 is 9.53 Å². The van der Waals surface area contributed by atoms with E-state index in [4.69, 9.17) is 4.74 Å². The van der Waals surface area contributed by atoms with Crippen LogP contribution in [0.15, 0.2) is 54.6 Å². The van der Waals surface area contributed by atoms with Gasteiger partial charge < -0.3 is 10.1 Å². The van der Waals surface area contributed by atoms with Gasteiger partial charge in [0.25, 0.3) is 0 Å². The fourth-order valence-corrected chi connectivity index (χ4v) is 3.61. The minimum Gasteiger partial charge on any atom is -0.495 e. The Bertz CT molecular complexity index is 867. The number of rotatable bonds is 6. The van der Waals surface area contributed by atoms with Crippen molar-refractivity contribution in [3.63, 3.8) is 0 Å². The van der Waals surface area contributed by atoms with E-state index >= 15 is 0 Å². The van der Waals surface area contributed by atoms with E-state index in [1.807, 2.05) is 30.3 Å². The fraction of sp³-hybridized carbons (Fsp3) is 0.211. The van der Waals surface area contributed by atoms with Crippen molar-refractivity contribution in [3.05, 3.63) is 65.2 Å². The zero-order valence-corrected chi connectivity index (χ0v) is 15.4. The van der Waals surface area contributed by atoms with E-state index in [9.17, 15) is 4.79 Å². The Kier molecular flexibility index (Phi) is 5.80. The van der Waals surface area contributed by atoms with E-state index in [0.717, 1.165) is 11.4 Å². The Morgan fingerprint density at radius 2 is 1.81 bits per heavy atom. The first kappa shape index (κ1) is 17.9. The maximum Gasteiger partial charge on any atom is 0.325 e. The average molecular weight is 368 g/mol. The molecule has 0 spiro atoms. The van der Waals surface area contributed by atoms with Crippen molar-refractivity contribution in [2.45, 2.75) is 19.3 Å². The van der Waals surface area contributed by atoms with Crippen LogP contribution >= 0.6 is 11.3 Å². The standard InChI is InChI=1S/C19H20N4O2S/c1-3-14(13-9-5-4-6-10-13)17-22-23-19(26-17)21-18(24)20-15-11-7-8-12-16(15)25-2/h4-12,14H,3H2,1-2H3,(H2,20,21,23,24)/t14-/m1/s1. The van der Waals surface area contributed by atoms with Gasteiger partial charge in [-0.15, -0.1) is 10.2 Å². The number of hydrogen-bond acceptors (Lipinski definition) is 5. The second kappa shape index (κ2) is 8.44. The van der Waals surface area contributed by atoms with Gasteiger partial charge in [0.1, 0.15) is 10.8 Å². The van der Waals surface area contributed by atoms with Gasteiger partial charge in [-0.1, -0.05) is 60.7 Å². The highest BCUT2D eigenvalue weighted by molar-refractivity contribution is 7.15. The second-order valence-electron chi connectivity index (χ2n) is 5.60. The minimum atomic E-state index is -0.384. The molecule has 134 valence electrons. The molecule has 0 aliphatic heterocycles. The van der Waals surface area contributed by atoms with E-state index in [2.05, 4.69) is 39.9 Å². The average Bonchev–Trinajstić information content (AvgIpc) is 3.11. The van der Waals surface area contributed by atoms with Gasteiger partial charge in [0.05, 0.1) is 12.8 Å². The number of methoxy groups -OCH3 is 1. The van der Waals surface area contributed by atoms with Crippen molar-refractivity contribution >= 4 is 28.2 Å². The first-order valence-electron chi connectivity index (χ1n) is 8.30. The zero-order chi connectivity index (χ0) is 18.4. The Morgan fingerprint density at radius 3 is 2.54 bits per heavy atom. The Labute approximate surface area is 156 Å². The number of aromatic nitrogens is 2. The summed E-state index contributed by atoms with van der Waals surface area (Å²) >= 11 is 1.38. The van der Waals surface area contributed by atoms with Crippen LogP contribution in [0.3, 0.4) is 0 Å². The molecular weight excluding hydrogens is 348 g/mol. The number of hydrogen-bond donors (Lipinski definition) is 2. The van der Waals surface area contributed by atoms with Crippen molar-refractivity contribution in [1.82, 2.24) is 10.2 Å². The molecule has 0 aliphatic carbocycles. The highest BCUT2D eigenvalue weighted by atomic mass is 32.1. The van der Waals surface area contributed by atoms with Gasteiger partial charge in [-0.05, 0) is 24.1 Å². The smallest absolute Gasteiger partial charge is 0.325 e. The molecule has 0 saturated carbocycles. The lowest BCUT2D eigenvalue weighted by Crippen LogP contribution is -2.19. The van der Waals surface area contributed by atoms with Crippen molar-refractivity contribution in [1.29, 1.82) is 0 Å². The molecule has 2 amide bonds. The summed E-state index contributed by atoms with van der Waals surface area (Å²) in [6.07, 6.45) is 0.909. The van der Waals surface area contributed by atoms with Crippen LogP contribution in [-0.4, -0.2) is 23.3 Å². The summed E-state index contributed by atoms with van der Waals surface area (Å²) in [5, 5.41) is 15.2. The molecule has 6 nitrogen and oxygen atoms in total. The summed E-state index contributed by atoms with van der Waals surface area (Å²) in [7, 11) is 1.56. The summed E-state index contributed by atoms with van der Waals surface area (Å²) in [6, 6.07) is 17.0. The number of anilines is 2. The van der Waals surface area contributed by atoms with Crippen LogP contribution in [0, 0.1) is 0 Å². The van der Waals surface area contributed by atoms with E-state index in [1.54, 1.807) is 19.2 Å². The molecule has 2 N–H and O–H groups in total. The molecular formula is C19H20N4O2S. The molecule has 0 radical (unpaired) electrons. The SMILES string of the molecule is CC[C@H](c1ccccc1)c1nnc(NC(=O)Nc2ccccc2OC)s1. The molecule has 1 aromatic heterocycles. The highest BCUT2D eigenvalue weighted by Gasteiger charge is 2.18. The lowest BCUT2D eigenvalue weighted by atomic mass is 9.97. The summed E-state index contributed by atoms with van der Waals surface area (Å²) in [4.78, 5) is 12.2. The largest absolute Gasteiger partial charge is 0.495 e. The van der Waals surface area contributed by atoms with Gasteiger partial charge in [-0.2, -0.15) is 0 Å². The van der Waals surface area contributed by atoms with Gasteiger partial charge in [-0.3, -0.25) is 5.32 Å². The topological polar surface area (TPSA) is 76.1 Å². The maximum absolute atomic E-state index is 12.2. The zero-order valence-electron chi connectivity index (χ0n) is 14.6. The number of nitrogens with zero attached hydrogens (tertiary/aromatic N) is 2. The second-order valence-corrected chi connectivity index (χ2v) is 6.61. The van der Waals surface area contributed by atoms with E-state index in [-0.39, 0.29) is 11.9 Å². The van der Waals surface area contributed by atoms with Crippen LogP contribution in [0.1, 0.15) is 29.8 Å². The number of ether oxygens (including phenoxy) is 1. The molecule has 26 heavy (non-hydrogen) atoms. The lowest BCUT2D eigenvalue weighted by Gasteiger charge is -2.11. The van der Waals surface area contributed by atoms with Gasteiger partial charge in [-0.25, -0.2) is 4.79 Å². The van der Waals surface area contributed by atoms with Crippen molar-refractivity contribution in [3.8, 4) is 5.75 Å². The van der Waals surface area contributed by atoms with Crippen LogP contribution in [-0.2, 0) is 0 Å². The van der Waals surface area contributed by atoms with E-state index < -0.39 is 0 Å². The first-order valence-corrected chi connectivity index (χ1v) is 9.12. The number of carbonyl (C=O) groups is 1. The normalized spacial score (nSPS) is 11.6. The van der Waals surface area contributed by atoms with Crippen LogP contribution < -0.4 is 15.4 Å². The lowest BCUT2D eigenvalue weighted by molar-refractivity contribution is 0.262. The fourth-order valence-electron chi connectivity index (χ4n) is 2.66. The van der Waals surface area contributed by atoms with Gasteiger partial charge in [0.15, 0.2) is 0 Å². The van der Waals surface area contributed by atoms with Gasteiger partial charge in [0.2, 0.25) is 5.13 Å². The molecule has 0 aliphatic rings. The summed E-state index contributed by atoms with van der Waals surface area (Å²) in [6.45, 7) is 2.11. The van der Waals surface area contributed by atoms with Crippen LogP contribution in [0.2, 0.25) is 0 Å². The molecule has 1 atom stereocenters. The molecule has 0 bridgehead atoms. The quantitative estimate of drug-likeness (QED) is 0.659.